The molecule has 0 amide bonds. The van der Waals surface area contributed by atoms with Crippen molar-refractivity contribution in [1.29, 1.82) is 0 Å². The third-order valence-corrected chi connectivity index (χ3v) is 14.6. The van der Waals surface area contributed by atoms with Crippen molar-refractivity contribution in [3.63, 3.8) is 0 Å². The second-order valence-electron chi connectivity index (χ2n) is 14.5. The number of thiophene rings is 3. The van der Waals surface area contributed by atoms with E-state index >= 15 is 0 Å². The molecule has 0 radical (unpaired) electrons. The zero-order valence-electron chi connectivity index (χ0n) is 30.1. The van der Waals surface area contributed by atoms with Crippen molar-refractivity contribution < 1.29 is 0 Å². The van der Waals surface area contributed by atoms with Crippen LogP contribution in [0.15, 0.2) is 193 Å². The molecule has 0 bridgehead atoms. The Morgan fingerprint density at radius 2 is 0.946 bits per heavy atom. The highest BCUT2D eigenvalue weighted by Gasteiger charge is 2.52. The first-order valence-electron chi connectivity index (χ1n) is 18.9. The Morgan fingerprint density at radius 1 is 0.375 bits per heavy atom. The third-order valence-electron chi connectivity index (χ3n) is 11.7. The highest BCUT2D eigenvalue weighted by molar-refractivity contribution is 7.26. The molecule has 264 valence electrons. The summed E-state index contributed by atoms with van der Waals surface area (Å²) in [6, 6.07) is 67.7. The molecule has 56 heavy (non-hydrogen) atoms. The molecule has 10 aromatic rings. The normalized spacial score (nSPS) is 13.1. The van der Waals surface area contributed by atoms with Crippen molar-refractivity contribution in [3.05, 3.63) is 215 Å². The smallest absolute Gasteiger partial charge is 0.0999 e. The highest BCUT2D eigenvalue weighted by Crippen LogP contribution is 2.65. The van der Waals surface area contributed by atoms with Gasteiger partial charge in [0.2, 0.25) is 0 Å². The molecule has 12 rings (SSSR count). The average molecular weight is 769 g/mol. The van der Waals surface area contributed by atoms with Gasteiger partial charge in [0.15, 0.2) is 0 Å². The Hall–Kier alpha value is -6.24. The molecule has 1 spiro atoms. The number of nitrogens with zero attached hydrogens (tertiary/aromatic N) is 2. The highest BCUT2D eigenvalue weighted by atomic mass is 32.1. The Labute approximate surface area is 337 Å². The van der Waals surface area contributed by atoms with Crippen LogP contribution in [0.25, 0.3) is 42.4 Å². The van der Waals surface area contributed by atoms with Crippen molar-refractivity contribution in [2.24, 2.45) is 0 Å². The summed E-state index contributed by atoms with van der Waals surface area (Å²) in [5, 5.41) is 9.38. The molecule has 2 aliphatic rings. The van der Waals surface area contributed by atoms with Gasteiger partial charge in [0, 0.05) is 48.5 Å². The number of rotatable bonds is 6. The Balaban J connectivity index is 1.18. The summed E-state index contributed by atoms with van der Waals surface area (Å²) in [4.78, 5) is 4.83. The molecule has 3 aromatic heterocycles. The molecular formula is C51H32N2S3. The van der Waals surface area contributed by atoms with Crippen LogP contribution in [0.2, 0.25) is 0 Å². The minimum Gasteiger partial charge on any atom is -0.302 e. The maximum absolute atomic E-state index is 2.50. The molecule has 0 unspecified atom stereocenters. The second-order valence-corrected chi connectivity index (χ2v) is 17.4. The van der Waals surface area contributed by atoms with Crippen LogP contribution in [0.1, 0.15) is 22.3 Å². The van der Waals surface area contributed by atoms with Crippen molar-refractivity contribution in [2.75, 3.05) is 9.80 Å². The van der Waals surface area contributed by atoms with Crippen molar-refractivity contribution in [1.82, 2.24) is 0 Å². The van der Waals surface area contributed by atoms with Gasteiger partial charge in [-0.25, -0.2) is 0 Å². The lowest BCUT2D eigenvalue weighted by Crippen LogP contribution is -2.26. The van der Waals surface area contributed by atoms with Gasteiger partial charge < -0.3 is 9.80 Å². The Bertz CT molecular complexity index is 2960. The van der Waals surface area contributed by atoms with Crippen molar-refractivity contribution in [2.45, 2.75) is 5.41 Å². The minimum atomic E-state index is -0.539. The fourth-order valence-electron chi connectivity index (χ4n) is 9.46. The standard InChI is InChI=1S/C51H32N2S3/c1-3-13-33(14-4-1)52(47-21-11-29-54-47)35-23-25-37-38-26-24-36(53(48-22-12-30-55-48)34-15-5-2-6-16-34)32-45(38)51(44(37)31-35)42-19-9-7-18-41(42)49-43(51)28-27-40-39-17-8-10-20-46(39)56-50(40)49/h1-32H. The van der Waals surface area contributed by atoms with E-state index in [1.165, 1.54) is 74.7 Å². The summed E-state index contributed by atoms with van der Waals surface area (Å²) in [5.74, 6) is 0. The first-order chi connectivity index (χ1) is 27.8. The average Bonchev–Trinajstić information content (AvgIpc) is 4.11. The molecule has 0 N–H and O–H groups in total. The predicted octanol–water partition coefficient (Wildman–Crippen LogP) is 15.5. The van der Waals surface area contributed by atoms with E-state index in [4.69, 9.17) is 0 Å². The van der Waals surface area contributed by atoms with Crippen LogP contribution in [0, 0.1) is 0 Å². The molecule has 0 atom stereocenters. The van der Waals surface area contributed by atoms with Gasteiger partial charge >= 0.3 is 0 Å². The van der Waals surface area contributed by atoms with Gasteiger partial charge in [0.25, 0.3) is 0 Å². The van der Waals surface area contributed by atoms with Crippen molar-refractivity contribution in [3.8, 4) is 22.3 Å². The maximum atomic E-state index is 2.50. The number of fused-ring (bicyclic) bond motifs is 14. The van der Waals surface area contributed by atoms with E-state index in [0.717, 1.165) is 22.7 Å². The second kappa shape index (κ2) is 12.4. The van der Waals surface area contributed by atoms with Crippen LogP contribution in [-0.4, -0.2) is 0 Å². The molecule has 7 aromatic carbocycles. The van der Waals surface area contributed by atoms with Gasteiger partial charge in [0.1, 0.15) is 0 Å². The zero-order valence-corrected chi connectivity index (χ0v) is 32.5. The van der Waals surface area contributed by atoms with Crippen LogP contribution in [0.3, 0.4) is 0 Å². The summed E-state index contributed by atoms with van der Waals surface area (Å²) in [5.41, 5.74) is 14.7. The summed E-state index contributed by atoms with van der Waals surface area (Å²) in [7, 11) is 0. The van der Waals surface area contributed by atoms with E-state index in [0.29, 0.717) is 0 Å². The van der Waals surface area contributed by atoms with Gasteiger partial charge in [-0.3, -0.25) is 0 Å². The minimum absolute atomic E-state index is 0.539. The summed E-state index contributed by atoms with van der Waals surface area (Å²) in [6.07, 6.45) is 0. The van der Waals surface area contributed by atoms with Crippen LogP contribution >= 0.6 is 34.0 Å². The maximum Gasteiger partial charge on any atom is 0.0999 e. The lowest BCUT2D eigenvalue weighted by Gasteiger charge is -2.33. The fourth-order valence-corrected chi connectivity index (χ4v) is 12.3. The van der Waals surface area contributed by atoms with E-state index in [1.54, 1.807) is 22.7 Å². The molecule has 0 aliphatic heterocycles. The molecule has 0 fully saturated rings. The largest absolute Gasteiger partial charge is 0.302 e. The molecule has 3 heterocycles. The van der Waals surface area contributed by atoms with Gasteiger partial charge in [-0.2, -0.15) is 0 Å². The molecule has 2 aliphatic carbocycles. The van der Waals surface area contributed by atoms with E-state index in [2.05, 4.69) is 203 Å². The summed E-state index contributed by atoms with van der Waals surface area (Å²) < 4.78 is 2.69. The number of benzene rings is 7. The monoisotopic (exact) mass is 768 g/mol. The van der Waals surface area contributed by atoms with E-state index < -0.39 is 5.41 Å². The van der Waals surface area contributed by atoms with Gasteiger partial charge in [-0.05, 0) is 129 Å². The molecule has 0 saturated carbocycles. The first kappa shape index (κ1) is 32.0. The van der Waals surface area contributed by atoms with Gasteiger partial charge in [-0.15, -0.1) is 34.0 Å². The number of anilines is 6. The topological polar surface area (TPSA) is 6.48 Å². The van der Waals surface area contributed by atoms with Gasteiger partial charge in [0.05, 0.1) is 15.4 Å². The predicted molar refractivity (Wildman–Crippen MR) is 241 cm³/mol. The van der Waals surface area contributed by atoms with Crippen LogP contribution in [0.5, 0.6) is 0 Å². The lowest BCUT2D eigenvalue weighted by molar-refractivity contribution is 0.794. The summed E-state index contributed by atoms with van der Waals surface area (Å²) >= 11 is 5.47. The number of hydrogen-bond acceptors (Lipinski definition) is 5. The van der Waals surface area contributed by atoms with Crippen LogP contribution in [-0.2, 0) is 5.41 Å². The Kier molecular flexibility index (Phi) is 7.09. The Morgan fingerprint density at radius 3 is 1.55 bits per heavy atom. The van der Waals surface area contributed by atoms with Crippen LogP contribution in [0.4, 0.5) is 32.8 Å². The van der Waals surface area contributed by atoms with E-state index in [-0.39, 0.29) is 0 Å². The lowest BCUT2D eigenvalue weighted by atomic mass is 9.70. The third kappa shape index (κ3) is 4.48. The number of hydrogen-bond donors (Lipinski definition) is 0. The van der Waals surface area contributed by atoms with Gasteiger partial charge in [-0.1, -0.05) is 103 Å². The van der Waals surface area contributed by atoms with Crippen LogP contribution < -0.4 is 9.80 Å². The zero-order chi connectivity index (χ0) is 36.8. The molecule has 0 saturated heterocycles. The quantitative estimate of drug-likeness (QED) is 0.166. The molecule has 5 heteroatoms. The number of para-hydroxylation sites is 2. The first-order valence-corrected chi connectivity index (χ1v) is 21.5. The van der Waals surface area contributed by atoms with Crippen molar-refractivity contribution >= 4 is 86.9 Å². The molecule has 2 nitrogen and oxygen atoms in total. The summed E-state index contributed by atoms with van der Waals surface area (Å²) in [6.45, 7) is 0. The SMILES string of the molecule is c1ccc(N(c2ccc3c(c2)C2(c4cc(N(c5ccccc5)c5cccs5)ccc4-3)c3ccccc3-c3c2ccc2c3sc3ccccc32)c2cccs2)cc1. The van der Waals surface area contributed by atoms with E-state index in [1.807, 2.05) is 11.3 Å². The van der Waals surface area contributed by atoms with E-state index in [9.17, 15) is 0 Å². The molecular weight excluding hydrogens is 737 g/mol. The fraction of sp³-hybridized carbons (Fsp3) is 0.0196.